The minimum atomic E-state index is 0.658. The van der Waals surface area contributed by atoms with Crippen LogP contribution >= 0.6 is 0 Å². The minimum Gasteiger partial charge on any atom is -0.456 e. The third-order valence-electron chi connectivity index (χ3n) is 11.1. The second-order valence-corrected chi connectivity index (χ2v) is 13.9. The summed E-state index contributed by atoms with van der Waals surface area (Å²) in [5.74, 6) is 1.61. The van der Waals surface area contributed by atoms with Crippen molar-refractivity contribution in [2.75, 3.05) is 0 Å². The highest BCUT2D eigenvalue weighted by Gasteiger charge is 2.22. The van der Waals surface area contributed by atoms with Gasteiger partial charge in [-0.1, -0.05) is 133 Å². The highest BCUT2D eigenvalue weighted by atomic mass is 16.5. The zero-order valence-corrected chi connectivity index (χ0v) is 28.6. The number of hydrogen-bond acceptors (Lipinski definition) is 2. The Morgan fingerprint density at radius 1 is 0.340 bits per heavy atom. The Labute approximate surface area is 306 Å². The molecule has 11 rings (SSSR count). The predicted molar refractivity (Wildman–Crippen MR) is 221 cm³/mol. The lowest BCUT2D eigenvalue weighted by molar-refractivity contribution is 0.487. The molecule has 1 aliphatic heterocycles. The SMILES string of the molecule is N#Cc1ccc2c3c(cccc13)Oc1cc(-c3cccc(-c4cc5c6ccccc6c(-c6cccc7ccccc67)cc5c5ccccc45)c3)ccc1-2. The van der Waals surface area contributed by atoms with Gasteiger partial charge < -0.3 is 4.74 Å². The number of fused-ring (bicyclic) bond motifs is 8. The Morgan fingerprint density at radius 3 is 1.75 bits per heavy atom. The zero-order chi connectivity index (χ0) is 35.0. The lowest BCUT2D eigenvalue weighted by Gasteiger charge is -2.22. The molecule has 10 aromatic rings. The fourth-order valence-corrected chi connectivity index (χ4v) is 8.65. The van der Waals surface area contributed by atoms with E-state index in [1.165, 1.54) is 65.3 Å². The molecule has 0 unspecified atom stereocenters. The summed E-state index contributed by atoms with van der Waals surface area (Å²) in [5, 5.41) is 21.6. The van der Waals surface area contributed by atoms with Crippen molar-refractivity contribution in [1.82, 2.24) is 0 Å². The molecular weight excluding hydrogens is 643 g/mol. The Balaban J connectivity index is 1.08. The molecule has 0 fully saturated rings. The molecule has 1 aliphatic rings. The largest absolute Gasteiger partial charge is 0.456 e. The monoisotopic (exact) mass is 671 g/mol. The van der Waals surface area contributed by atoms with E-state index in [-0.39, 0.29) is 0 Å². The Hall–Kier alpha value is -7.21. The topological polar surface area (TPSA) is 33.0 Å². The molecule has 0 bridgehead atoms. The molecule has 0 spiro atoms. The average molecular weight is 672 g/mol. The van der Waals surface area contributed by atoms with Gasteiger partial charge in [0.05, 0.1) is 11.6 Å². The van der Waals surface area contributed by atoms with Crippen LogP contribution in [0.4, 0.5) is 0 Å². The summed E-state index contributed by atoms with van der Waals surface area (Å²) in [6.07, 6.45) is 0. The number of ether oxygens (including phenoxy) is 1. The Morgan fingerprint density at radius 2 is 0.943 bits per heavy atom. The number of benzene rings is 10. The van der Waals surface area contributed by atoms with E-state index in [9.17, 15) is 5.26 Å². The molecule has 0 atom stereocenters. The summed E-state index contributed by atoms with van der Waals surface area (Å²) >= 11 is 0. The first-order valence-electron chi connectivity index (χ1n) is 18.0. The maximum absolute atomic E-state index is 9.72. The van der Waals surface area contributed by atoms with Crippen molar-refractivity contribution in [2.45, 2.75) is 0 Å². The van der Waals surface area contributed by atoms with Gasteiger partial charge in [-0.15, -0.1) is 0 Å². The molecule has 2 nitrogen and oxygen atoms in total. The van der Waals surface area contributed by atoms with Crippen LogP contribution in [0.2, 0.25) is 0 Å². The molecule has 244 valence electrons. The number of rotatable bonds is 3. The zero-order valence-electron chi connectivity index (χ0n) is 28.6. The van der Waals surface area contributed by atoms with Gasteiger partial charge >= 0.3 is 0 Å². The molecule has 0 N–H and O–H groups in total. The van der Waals surface area contributed by atoms with Gasteiger partial charge in [-0.2, -0.15) is 5.26 Å². The van der Waals surface area contributed by atoms with Gasteiger partial charge in [-0.25, -0.2) is 0 Å². The number of nitrogens with zero attached hydrogens (tertiary/aromatic N) is 1. The van der Waals surface area contributed by atoms with Crippen molar-refractivity contribution in [2.24, 2.45) is 0 Å². The van der Waals surface area contributed by atoms with Crippen molar-refractivity contribution in [3.05, 3.63) is 181 Å². The van der Waals surface area contributed by atoms with Crippen molar-refractivity contribution in [1.29, 1.82) is 5.26 Å². The Bertz CT molecular complexity index is 3210. The first-order valence-corrected chi connectivity index (χ1v) is 18.0. The van der Waals surface area contributed by atoms with Crippen molar-refractivity contribution < 1.29 is 4.74 Å². The summed E-state index contributed by atoms with van der Waals surface area (Å²) in [6.45, 7) is 0. The van der Waals surface area contributed by atoms with Crippen LogP contribution in [0.5, 0.6) is 11.5 Å². The maximum atomic E-state index is 9.72. The van der Waals surface area contributed by atoms with Gasteiger partial charge in [0, 0.05) is 16.3 Å². The lowest BCUT2D eigenvalue weighted by Crippen LogP contribution is -1.98. The van der Waals surface area contributed by atoms with E-state index in [1.807, 2.05) is 30.3 Å². The first kappa shape index (κ1) is 29.5. The molecule has 0 saturated heterocycles. The first-order chi connectivity index (χ1) is 26.2. The van der Waals surface area contributed by atoms with Gasteiger partial charge in [0.2, 0.25) is 0 Å². The van der Waals surface area contributed by atoms with Gasteiger partial charge in [0.15, 0.2) is 0 Å². The molecule has 0 saturated carbocycles. The molecule has 0 aliphatic carbocycles. The van der Waals surface area contributed by atoms with Crippen LogP contribution in [0.25, 0.3) is 98.4 Å². The van der Waals surface area contributed by atoms with Crippen molar-refractivity contribution in [3.8, 4) is 62.1 Å². The highest BCUT2D eigenvalue weighted by Crippen LogP contribution is 2.49. The van der Waals surface area contributed by atoms with E-state index in [4.69, 9.17) is 4.74 Å². The second kappa shape index (κ2) is 11.4. The summed E-state index contributed by atoms with van der Waals surface area (Å²) in [5.41, 5.74) is 9.88. The Kier molecular flexibility index (Phi) is 6.35. The van der Waals surface area contributed by atoms with E-state index in [0.29, 0.717) is 5.56 Å². The van der Waals surface area contributed by atoms with Gasteiger partial charge in [0.25, 0.3) is 0 Å². The van der Waals surface area contributed by atoms with E-state index in [2.05, 4.69) is 152 Å². The van der Waals surface area contributed by atoms with Crippen LogP contribution in [0.1, 0.15) is 5.56 Å². The lowest BCUT2D eigenvalue weighted by atomic mass is 9.86. The summed E-state index contributed by atoms with van der Waals surface area (Å²) in [4.78, 5) is 0. The summed E-state index contributed by atoms with van der Waals surface area (Å²) < 4.78 is 6.53. The van der Waals surface area contributed by atoms with Crippen molar-refractivity contribution in [3.63, 3.8) is 0 Å². The van der Waals surface area contributed by atoms with E-state index in [1.54, 1.807) is 0 Å². The molecule has 10 aromatic carbocycles. The molecule has 53 heavy (non-hydrogen) atoms. The average Bonchev–Trinajstić information content (AvgIpc) is 3.23. The maximum Gasteiger partial charge on any atom is 0.135 e. The standard InChI is InChI=1S/C51H29NO/c52-30-35-23-25-44-43-24-22-33(27-50(43)53-49-21-9-19-37(35)51(44)49)32-12-7-13-34(26-32)45-28-47-42-18-6-5-17-41(42)46(29-48(47)40-16-4-3-15-39(40)45)38-20-8-11-31-10-1-2-14-36(31)38/h1-29H. The van der Waals surface area contributed by atoms with Crippen LogP contribution in [0.15, 0.2) is 176 Å². The molecule has 2 heteroatoms. The molecular formula is C51H29NO. The van der Waals surface area contributed by atoms with Crippen LogP contribution < -0.4 is 4.74 Å². The van der Waals surface area contributed by atoms with Crippen LogP contribution in [0.3, 0.4) is 0 Å². The molecule has 1 heterocycles. The molecule has 0 aromatic heterocycles. The normalized spacial score (nSPS) is 11.9. The van der Waals surface area contributed by atoms with Crippen molar-refractivity contribution >= 4 is 53.9 Å². The third kappa shape index (κ3) is 4.45. The predicted octanol–water partition coefficient (Wildman–Crippen LogP) is 14.1. The molecule has 0 radical (unpaired) electrons. The van der Waals surface area contributed by atoms with Gasteiger partial charge in [-0.05, 0) is 124 Å². The second-order valence-electron chi connectivity index (χ2n) is 13.9. The van der Waals surface area contributed by atoms with Crippen LogP contribution in [-0.2, 0) is 0 Å². The van der Waals surface area contributed by atoms with Gasteiger partial charge in [0.1, 0.15) is 11.5 Å². The van der Waals surface area contributed by atoms with Crippen LogP contribution in [0, 0.1) is 11.3 Å². The summed E-state index contributed by atoms with van der Waals surface area (Å²) in [6, 6.07) is 65.4. The fraction of sp³-hybridized carbons (Fsp3) is 0. The van der Waals surface area contributed by atoms with Gasteiger partial charge in [-0.3, -0.25) is 0 Å². The smallest absolute Gasteiger partial charge is 0.135 e. The minimum absolute atomic E-state index is 0.658. The van der Waals surface area contributed by atoms with E-state index in [0.717, 1.165) is 44.5 Å². The third-order valence-corrected chi connectivity index (χ3v) is 11.1. The van der Waals surface area contributed by atoms with E-state index < -0.39 is 0 Å². The number of hydrogen-bond donors (Lipinski definition) is 0. The highest BCUT2D eigenvalue weighted by molar-refractivity contribution is 6.24. The molecule has 0 amide bonds. The van der Waals surface area contributed by atoms with Crippen LogP contribution in [-0.4, -0.2) is 0 Å². The number of nitriles is 1. The fourth-order valence-electron chi connectivity index (χ4n) is 8.65. The quantitative estimate of drug-likeness (QED) is 0.175. The summed E-state index contributed by atoms with van der Waals surface area (Å²) in [7, 11) is 0. The van der Waals surface area contributed by atoms with E-state index >= 15 is 0 Å².